The molecule has 0 aliphatic carbocycles. The van der Waals surface area contributed by atoms with Crippen LogP contribution >= 0.6 is 0 Å². The number of nitrogens with zero attached hydrogens (tertiary/aromatic N) is 5. The van der Waals surface area contributed by atoms with Crippen LogP contribution in [-0.2, 0) is 4.74 Å². The minimum Gasteiger partial charge on any atom is -0.479 e. The molecule has 1 saturated heterocycles. The Balaban J connectivity index is 2.07. The molecule has 2 aromatic heterocycles. The van der Waals surface area contributed by atoms with E-state index in [9.17, 15) is 10.2 Å². The molecule has 2 aromatic rings. The molecule has 11 nitrogen and oxygen atoms in total. The zero-order chi connectivity index (χ0) is 15.1. The Morgan fingerprint density at radius 1 is 1.33 bits per heavy atom. The van der Waals surface area contributed by atoms with Crippen molar-refractivity contribution in [3.05, 3.63) is 0 Å². The van der Waals surface area contributed by atoms with E-state index in [1.165, 1.54) is 11.8 Å². The van der Waals surface area contributed by atoms with Crippen molar-refractivity contribution in [2.45, 2.75) is 24.5 Å². The van der Waals surface area contributed by atoms with Gasteiger partial charge in [0.2, 0.25) is 11.8 Å². The van der Waals surface area contributed by atoms with Gasteiger partial charge in [-0.2, -0.15) is 14.6 Å². The van der Waals surface area contributed by atoms with E-state index in [2.05, 4.69) is 20.3 Å². The Morgan fingerprint density at radius 3 is 2.71 bits per heavy atom. The maximum absolute atomic E-state index is 10.0. The third-order valence-corrected chi connectivity index (χ3v) is 3.26. The van der Waals surface area contributed by atoms with E-state index in [0.717, 1.165) is 0 Å². The zero-order valence-corrected chi connectivity index (χ0v) is 11.0. The van der Waals surface area contributed by atoms with Gasteiger partial charge in [0.05, 0.1) is 13.7 Å². The standard InChI is InChI=1S/C10H14N6O5/c1-20-8-4-7(12-10(11)13-8)16(15-14-4)9-6(19)5(18)3(2-17)21-9/h3,5-6,9,17-19H,2H2,1H3,(H2,11,12,13)/t3-,5-,6-,9-/m1/s1. The number of anilines is 1. The van der Waals surface area contributed by atoms with Crippen LogP contribution in [0.1, 0.15) is 6.23 Å². The van der Waals surface area contributed by atoms with E-state index in [1.807, 2.05) is 0 Å². The van der Waals surface area contributed by atoms with Gasteiger partial charge in [0.25, 0.3) is 0 Å². The van der Waals surface area contributed by atoms with Gasteiger partial charge in [-0.15, -0.1) is 5.10 Å². The number of ether oxygens (including phenoxy) is 2. The lowest BCUT2D eigenvalue weighted by atomic mass is 10.1. The summed E-state index contributed by atoms with van der Waals surface area (Å²) in [4.78, 5) is 7.85. The van der Waals surface area contributed by atoms with Crippen LogP contribution in [0.5, 0.6) is 5.88 Å². The Bertz CT molecular complexity index is 663. The molecule has 0 amide bonds. The van der Waals surface area contributed by atoms with E-state index in [-0.39, 0.29) is 23.0 Å². The number of methoxy groups -OCH3 is 1. The van der Waals surface area contributed by atoms with Crippen LogP contribution in [0.4, 0.5) is 5.95 Å². The summed E-state index contributed by atoms with van der Waals surface area (Å²) in [5.74, 6) is 0.0742. The Labute approximate surface area is 117 Å². The van der Waals surface area contributed by atoms with Gasteiger partial charge < -0.3 is 30.5 Å². The second-order valence-corrected chi connectivity index (χ2v) is 4.53. The first-order valence-electron chi connectivity index (χ1n) is 6.11. The number of hydrogen-bond donors (Lipinski definition) is 4. The normalized spacial score (nSPS) is 29.1. The van der Waals surface area contributed by atoms with Crippen LogP contribution in [0.3, 0.4) is 0 Å². The molecule has 0 aromatic carbocycles. The molecule has 3 rings (SSSR count). The van der Waals surface area contributed by atoms with Crippen molar-refractivity contribution in [2.24, 2.45) is 0 Å². The van der Waals surface area contributed by atoms with Crippen LogP contribution in [0.25, 0.3) is 11.2 Å². The van der Waals surface area contributed by atoms with Gasteiger partial charge in [-0.1, -0.05) is 5.21 Å². The van der Waals surface area contributed by atoms with Gasteiger partial charge in [-0.25, -0.2) is 0 Å². The van der Waals surface area contributed by atoms with Crippen molar-refractivity contribution >= 4 is 17.1 Å². The number of aliphatic hydroxyl groups is 3. The van der Waals surface area contributed by atoms with Gasteiger partial charge in [0.15, 0.2) is 17.4 Å². The molecule has 1 aliphatic heterocycles. The molecule has 0 radical (unpaired) electrons. The molecule has 114 valence electrons. The summed E-state index contributed by atoms with van der Waals surface area (Å²) in [6.45, 7) is -0.443. The van der Waals surface area contributed by atoms with E-state index in [4.69, 9.17) is 20.3 Å². The molecule has 0 spiro atoms. The van der Waals surface area contributed by atoms with Crippen molar-refractivity contribution in [1.82, 2.24) is 25.0 Å². The average Bonchev–Trinajstić information content (AvgIpc) is 3.01. The molecule has 3 heterocycles. The third-order valence-electron chi connectivity index (χ3n) is 3.26. The van der Waals surface area contributed by atoms with Crippen molar-refractivity contribution in [1.29, 1.82) is 0 Å². The van der Waals surface area contributed by atoms with E-state index >= 15 is 0 Å². The third kappa shape index (κ3) is 2.06. The summed E-state index contributed by atoms with van der Waals surface area (Å²) in [6.07, 6.45) is -4.53. The molecular weight excluding hydrogens is 284 g/mol. The fourth-order valence-corrected chi connectivity index (χ4v) is 2.22. The van der Waals surface area contributed by atoms with Crippen LogP contribution in [0, 0.1) is 0 Å². The Hall–Kier alpha value is -2.08. The summed E-state index contributed by atoms with van der Waals surface area (Å²) < 4.78 is 11.6. The minimum atomic E-state index is -1.30. The predicted octanol–water partition coefficient (Wildman–Crippen LogP) is -2.58. The Morgan fingerprint density at radius 2 is 2.10 bits per heavy atom. The second-order valence-electron chi connectivity index (χ2n) is 4.53. The molecule has 1 aliphatic rings. The maximum atomic E-state index is 10.0. The first-order chi connectivity index (χ1) is 10.1. The summed E-state index contributed by atoms with van der Waals surface area (Å²) in [7, 11) is 1.40. The number of rotatable bonds is 3. The minimum absolute atomic E-state index is 0.0605. The van der Waals surface area contributed by atoms with Crippen molar-refractivity contribution in [2.75, 3.05) is 19.5 Å². The number of nitrogen functional groups attached to an aromatic ring is 1. The highest BCUT2D eigenvalue weighted by atomic mass is 16.6. The molecule has 1 fully saturated rings. The van der Waals surface area contributed by atoms with Crippen LogP contribution in [0.2, 0.25) is 0 Å². The van der Waals surface area contributed by atoms with Crippen molar-refractivity contribution in [3.63, 3.8) is 0 Å². The van der Waals surface area contributed by atoms with Crippen LogP contribution in [-0.4, -0.2) is 72.3 Å². The number of aromatic nitrogens is 5. The van der Waals surface area contributed by atoms with E-state index in [1.54, 1.807) is 0 Å². The monoisotopic (exact) mass is 298 g/mol. The Kier molecular flexibility index (Phi) is 3.33. The fraction of sp³-hybridized carbons (Fsp3) is 0.600. The largest absolute Gasteiger partial charge is 0.479 e. The van der Waals surface area contributed by atoms with Gasteiger partial charge in [0.1, 0.15) is 18.3 Å². The predicted molar refractivity (Wildman–Crippen MR) is 67.1 cm³/mol. The molecule has 0 bridgehead atoms. The van der Waals surface area contributed by atoms with Gasteiger partial charge >= 0.3 is 0 Å². The highest BCUT2D eigenvalue weighted by Gasteiger charge is 2.44. The van der Waals surface area contributed by atoms with Gasteiger partial charge in [-0.05, 0) is 0 Å². The molecule has 11 heteroatoms. The zero-order valence-electron chi connectivity index (χ0n) is 11.0. The summed E-state index contributed by atoms with van der Waals surface area (Å²) >= 11 is 0. The van der Waals surface area contributed by atoms with Crippen LogP contribution in [0.15, 0.2) is 0 Å². The quantitative estimate of drug-likeness (QED) is 0.473. The van der Waals surface area contributed by atoms with Crippen molar-refractivity contribution in [3.8, 4) is 5.88 Å². The van der Waals surface area contributed by atoms with E-state index < -0.39 is 31.1 Å². The smallest absolute Gasteiger partial charge is 0.248 e. The fourth-order valence-electron chi connectivity index (χ4n) is 2.22. The van der Waals surface area contributed by atoms with Crippen molar-refractivity contribution < 1.29 is 24.8 Å². The number of fused-ring (bicyclic) bond motifs is 1. The van der Waals surface area contributed by atoms with Gasteiger partial charge in [-0.3, -0.25) is 0 Å². The summed E-state index contributed by atoms with van der Waals surface area (Å²) in [6, 6.07) is 0. The lowest BCUT2D eigenvalue weighted by Gasteiger charge is -2.14. The van der Waals surface area contributed by atoms with Gasteiger partial charge in [0, 0.05) is 0 Å². The molecule has 5 N–H and O–H groups in total. The lowest BCUT2D eigenvalue weighted by Crippen LogP contribution is -2.33. The highest BCUT2D eigenvalue weighted by molar-refractivity contribution is 5.76. The topological polar surface area (TPSA) is 162 Å². The first kappa shape index (κ1) is 13.9. The second kappa shape index (κ2) is 5.04. The first-order valence-corrected chi connectivity index (χ1v) is 6.11. The number of aliphatic hydroxyl groups excluding tert-OH is 3. The molecule has 0 saturated carbocycles. The highest BCUT2D eigenvalue weighted by Crippen LogP contribution is 2.31. The molecule has 4 atom stereocenters. The SMILES string of the molecule is COc1nc(N)nc2c1nnn2[C@@H]1O[C@H](CO)[C@@H](O)[C@H]1O. The molecule has 21 heavy (non-hydrogen) atoms. The summed E-state index contributed by atoms with van der Waals surface area (Å²) in [5.41, 5.74) is 6.01. The summed E-state index contributed by atoms with van der Waals surface area (Å²) in [5, 5.41) is 36.6. The lowest BCUT2D eigenvalue weighted by molar-refractivity contribution is -0.0574. The number of nitrogens with two attached hydrogens (primary N) is 1. The number of hydrogen-bond acceptors (Lipinski definition) is 10. The average molecular weight is 298 g/mol. The van der Waals surface area contributed by atoms with Crippen LogP contribution < -0.4 is 10.5 Å². The molecule has 0 unspecified atom stereocenters. The maximum Gasteiger partial charge on any atom is 0.248 e. The van der Waals surface area contributed by atoms with E-state index in [0.29, 0.717) is 0 Å². The molecular formula is C10H14N6O5.